The van der Waals surface area contributed by atoms with Crippen molar-refractivity contribution >= 4 is 12.4 Å². The Morgan fingerprint density at radius 2 is 2.00 bits per heavy atom. The molecule has 0 amide bonds. The van der Waals surface area contributed by atoms with E-state index in [2.05, 4.69) is 43.0 Å². The van der Waals surface area contributed by atoms with E-state index in [1.54, 1.807) is 0 Å². The SMILES string of the molecule is Cc1cccc(CN2CCC(C(C)N)CC2)c1.Cl. The molecule has 102 valence electrons. The van der Waals surface area contributed by atoms with E-state index in [9.17, 15) is 0 Å². The summed E-state index contributed by atoms with van der Waals surface area (Å²) in [6.45, 7) is 7.78. The van der Waals surface area contributed by atoms with Gasteiger partial charge in [-0.2, -0.15) is 0 Å². The molecule has 1 aromatic carbocycles. The summed E-state index contributed by atoms with van der Waals surface area (Å²) >= 11 is 0. The fraction of sp³-hybridized carbons (Fsp3) is 0.600. The molecular formula is C15H25ClN2. The average molecular weight is 269 g/mol. The van der Waals surface area contributed by atoms with E-state index in [1.165, 1.54) is 37.1 Å². The summed E-state index contributed by atoms with van der Waals surface area (Å²) in [5.41, 5.74) is 8.76. The number of benzene rings is 1. The zero-order valence-electron chi connectivity index (χ0n) is 11.4. The van der Waals surface area contributed by atoms with Gasteiger partial charge in [0.1, 0.15) is 0 Å². The summed E-state index contributed by atoms with van der Waals surface area (Å²) in [6, 6.07) is 9.18. The number of piperidine rings is 1. The second-order valence-corrected chi connectivity index (χ2v) is 5.46. The van der Waals surface area contributed by atoms with Crippen molar-refractivity contribution in [2.75, 3.05) is 13.1 Å². The fourth-order valence-electron chi connectivity index (χ4n) is 2.71. The molecule has 0 bridgehead atoms. The number of rotatable bonds is 3. The number of likely N-dealkylation sites (tertiary alicyclic amines) is 1. The van der Waals surface area contributed by atoms with Gasteiger partial charge < -0.3 is 5.73 Å². The molecule has 1 aromatic rings. The van der Waals surface area contributed by atoms with Gasteiger partial charge in [0.15, 0.2) is 0 Å². The topological polar surface area (TPSA) is 29.3 Å². The van der Waals surface area contributed by atoms with Gasteiger partial charge >= 0.3 is 0 Å². The van der Waals surface area contributed by atoms with Gasteiger partial charge in [0, 0.05) is 12.6 Å². The number of nitrogens with zero attached hydrogens (tertiary/aromatic N) is 1. The van der Waals surface area contributed by atoms with E-state index in [0.29, 0.717) is 6.04 Å². The molecule has 1 saturated heterocycles. The van der Waals surface area contributed by atoms with Gasteiger partial charge in [0.2, 0.25) is 0 Å². The predicted octanol–water partition coefficient (Wildman–Crippen LogP) is 2.98. The zero-order chi connectivity index (χ0) is 12.3. The van der Waals surface area contributed by atoms with Crippen molar-refractivity contribution < 1.29 is 0 Å². The molecule has 0 saturated carbocycles. The summed E-state index contributed by atoms with van der Waals surface area (Å²) < 4.78 is 0. The maximum Gasteiger partial charge on any atom is 0.0233 e. The lowest BCUT2D eigenvalue weighted by Crippen LogP contribution is -2.39. The van der Waals surface area contributed by atoms with Gasteiger partial charge in [-0.3, -0.25) is 4.90 Å². The molecule has 0 aliphatic carbocycles. The number of hydrogen-bond acceptors (Lipinski definition) is 2. The molecule has 0 radical (unpaired) electrons. The first-order chi connectivity index (χ1) is 8.15. The van der Waals surface area contributed by atoms with Crippen LogP contribution in [0, 0.1) is 12.8 Å². The molecule has 1 heterocycles. The van der Waals surface area contributed by atoms with Crippen LogP contribution in [0.15, 0.2) is 24.3 Å². The highest BCUT2D eigenvalue weighted by atomic mass is 35.5. The lowest BCUT2D eigenvalue weighted by molar-refractivity contribution is 0.165. The molecule has 0 aromatic heterocycles. The number of aryl methyl sites for hydroxylation is 1. The van der Waals surface area contributed by atoms with E-state index < -0.39 is 0 Å². The maximum atomic E-state index is 5.97. The lowest BCUT2D eigenvalue weighted by Gasteiger charge is -2.33. The second kappa shape index (κ2) is 7.13. The van der Waals surface area contributed by atoms with E-state index in [-0.39, 0.29) is 12.4 Å². The summed E-state index contributed by atoms with van der Waals surface area (Å²) in [7, 11) is 0. The Balaban J connectivity index is 0.00000162. The number of halogens is 1. The van der Waals surface area contributed by atoms with Crippen molar-refractivity contribution in [2.45, 2.75) is 39.3 Å². The largest absolute Gasteiger partial charge is 0.328 e. The fourth-order valence-corrected chi connectivity index (χ4v) is 2.71. The average Bonchev–Trinajstić information content (AvgIpc) is 2.29. The van der Waals surface area contributed by atoms with Crippen molar-refractivity contribution in [2.24, 2.45) is 11.7 Å². The predicted molar refractivity (Wildman–Crippen MR) is 80.1 cm³/mol. The van der Waals surface area contributed by atoms with Gasteiger partial charge in [-0.1, -0.05) is 29.8 Å². The quantitative estimate of drug-likeness (QED) is 0.913. The highest BCUT2D eigenvalue weighted by Gasteiger charge is 2.21. The first kappa shape index (κ1) is 15.5. The maximum absolute atomic E-state index is 5.97. The summed E-state index contributed by atoms with van der Waals surface area (Å²) in [4.78, 5) is 2.55. The third-order valence-electron chi connectivity index (χ3n) is 3.86. The van der Waals surface area contributed by atoms with Gasteiger partial charge in [0.05, 0.1) is 0 Å². The molecule has 1 unspecified atom stereocenters. The molecule has 18 heavy (non-hydrogen) atoms. The van der Waals surface area contributed by atoms with Gasteiger partial charge in [-0.05, 0) is 51.3 Å². The Bertz CT molecular complexity index is 357. The monoisotopic (exact) mass is 268 g/mol. The second-order valence-electron chi connectivity index (χ2n) is 5.46. The minimum Gasteiger partial charge on any atom is -0.328 e. The van der Waals surface area contributed by atoms with Crippen LogP contribution in [0.3, 0.4) is 0 Å². The molecule has 1 aliphatic rings. The van der Waals surface area contributed by atoms with Crippen LogP contribution in [0.5, 0.6) is 0 Å². The normalized spacial score (nSPS) is 19.3. The third kappa shape index (κ3) is 4.27. The Morgan fingerprint density at radius 3 is 2.56 bits per heavy atom. The smallest absolute Gasteiger partial charge is 0.0233 e. The minimum atomic E-state index is 0. The van der Waals surface area contributed by atoms with Crippen LogP contribution in [-0.4, -0.2) is 24.0 Å². The lowest BCUT2D eigenvalue weighted by atomic mass is 9.91. The Labute approximate surface area is 117 Å². The first-order valence-corrected chi connectivity index (χ1v) is 6.68. The Kier molecular flexibility index (Phi) is 6.13. The molecule has 0 spiro atoms. The van der Waals surface area contributed by atoms with Crippen LogP contribution >= 0.6 is 12.4 Å². The summed E-state index contributed by atoms with van der Waals surface area (Å²) in [6.07, 6.45) is 2.51. The van der Waals surface area contributed by atoms with E-state index in [1.807, 2.05) is 0 Å². The minimum absolute atomic E-state index is 0. The first-order valence-electron chi connectivity index (χ1n) is 6.68. The standard InChI is InChI=1S/C15H24N2.ClH/c1-12-4-3-5-14(10-12)11-17-8-6-15(7-9-17)13(2)16;/h3-5,10,13,15H,6-9,11,16H2,1-2H3;1H. The molecule has 1 atom stereocenters. The molecule has 3 heteroatoms. The van der Waals surface area contributed by atoms with Gasteiger partial charge in [-0.15, -0.1) is 12.4 Å². The zero-order valence-corrected chi connectivity index (χ0v) is 12.2. The van der Waals surface area contributed by atoms with Crippen LogP contribution in [0.2, 0.25) is 0 Å². The van der Waals surface area contributed by atoms with Crippen LogP contribution < -0.4 is 5.73 Å². The number of nitrogens with two attached hydrogens (primary N) is 1. The van der Waals surface area contributed by atoms with Crippen LogP contribution in [-0.2, 0) is 6.54 Å². The molecular weight excluding hydrogens is 244 g/mol. The molecule has 1 fully saturated rings. The van der Waals surface area contributed by atoms with Crippen molar-refractivity contribution in [3.8, 4) is 0 Å². The van der Waals surface area contributed by atoms with E-state index >= 15 is 0 Å². The van der Waals surface area contributed by atoms with Crippen molar-refractivity contribution in [3.05, 3.63) is 35.4 Å². The molecule has 2 N–H and O–H groups in total. The van der Waals surface area contributed by atoms with Gasteiger partial charge in [0.25, 0.3) is 0 Å². The molecule has 2 rings (SSSR count). The molecule has 2 nitrogen and oxygen atoms in total. The van der Waals surface area contributed by atoms with Crippen LogP contribution in [0.4, 0.5) is 0 Å². The Hall–Kier alpha value is -0.570. The highest BCUT2D eigenvalue weighted by molar-refractivity contribution is 5.85. The van der Waals surface area contributed by atoms with Crippen molar-refractivity contribution in [1.82, 2.24) is 4.90 Å². The summed E-state index contributed by atoms with van der Waals surface area (Å²) in [5.74, 6) is 0.726. The van der Waals surface area contributed by atoms with Crippen molar-refractivity contribution in [3.63, 3.8) is 0 Å². The molecule has 1 aliphatic heterocycles. The summed E-state index contributed by atoms with van der Waals surface area (Å²) in [5, 5.41) is 0. The third-order valence-corrected chi connectivity index (χ3v) is 3.86. The van der Waals surface area contributed by atoms with E-state index in [4.69, 9.17) is 5.73 Å². The Morgan fingerprint density at radius 1 is 1.33 bits per heavy atom. The van der Waals surface area contributed by atoms with Gasteiger partial charge in [-0.25, -0.2) is 0 Å². The van der Waals surface area contributed by atoms with Crippen LogP contribution in [0.1, 0.15) is 30.9 Å². The number of hydrogen-bond donors (Lipinski definition) is 1. The van der Waals surface area contributed by atoms with E-state index in [0.717, 1.165) is 12.5 Å². The highest BCUT2D eigenvalue weighted by Crippen LogP contribution is 2.21. The van der Waals surface area contributed by atoms with Crippen molar-refractivity contribution in [1.29, 1.82) is 0 Å². The van der Waals surface area contributed by atoms with Crippen LogP contribution in [0.25, 0.3) is 0 Å².